The standard InChI is InChI=1S/C22H16FN3O4S/c1-3-29-14-6-4-5-12(9-14)18-17-19(27)15-10-13(23)7-8-16(15)30-20(17)21(28)26(18)22-25-24-11(2)31-22/h4-10,18H,3H2,1-2H3. The van der Waals surface area contributed by atoms with E-state index in [-0.39, 0.29) is 22.3 Å². The smallest absolute Gasteiger partial charge is 0.297 e. The molecule has 156 valence electrons. The zero-order chi connectivity index (χ0) is 21.7. The molecule has 1 aliphatic heterocycles. The Balaban J connectivity index is 1.80. The number of nitrogens with zero attached hydrogens (tertiary/aromatic N) is 3. The van der Waals surface area contributed by atoms with Crippen molar-refractivity contribution in [3.63, 3.8) is 0 Å². The van der Waals surface area contributed by atoms with Crippen LogP contribution in [0.4, 0.5) is 9.52 Å². The lowest BCUT2D eigenvalue weighted by Crippen LogP contribution is -2.29. The molecule has 3 heterocycles. The Kier molecular flexibility index (Phi) is 4.55. The summed E-state index contributed by atoms with van der Waals surface area (Å²) in [5.41, 5.74) is 0.480. The summed E-state index contributed by atoms with van der Waals surface area (Å²) in [6, 6.07) is 10.0. The van der Waals surface area contributed by atoms with Gasteiger partial charge in [0.2, 0.25) is 10.9 Å². The number of fused-ring (bicyclic) bond motifs is 2. The number of ether oxygens (including phenoxy) is 1. The predicted octanol–water partition coefficient (Wildman–Crippen LogP) is 4.24. The number of hydrogen-bond donors (Lipinski definition) is 0. The minimum Gasteiger partial charge on any atom is -0.494 e. The second-order valence-corrected chi connectivity index (χ2v) is 8.16. The summed E-state index contributed by atoms with van der Waals surface area (Å²) in [6.45, 7) is 4.11. The van der Waals surface area contributed by atoms with E-state index >= 15 is 0 Å². The average Bonchev–Trinajstić information content (AvgIpc) is 3.30. The number of aryl methyl sites for hydroxylation is 1. The van der Waals surface area contributed by atoms with Gasteiger partial charge in [0.1, 0.15) is 22.2 Å². The molecule has 2 aromatic carbocycles. The molecule has 0 saturated carbocycles. The van der Waals surface area contributed by atoms with Gasteiger partial charge in [-0.1, -0.05) is 23.5 Å². The second-order valence-electron chi connectivity index (χ2n) is 7.00. The van der Waals surface area contributed by atoms with Gasteiger partial charge >= 0.3 is 0 Å². The highest BCUT2D eigenvalue weighted by Crippen LogP contribution is 2.42. The van der Waals surface area contributed by atoms with Crippen LogP contribution in [0.5, 0.6) is 5.75 Å². The molecule has 0 saturated heterocycles. The van der Waals surface area contributed by atoms with Crippen LogP contribution in [0.25, 0.3) is 11.0 Å². The third-order valence-corrected chi connectivity index (χ3v) is 5.88. The number of aromatic nitrogens is 2. The van der Waals surface area contributed by atoms with Crippen molar-refractivity contribution in [3.05, 3.63) is 80.4 Å². The number of halogens is 1. The Morgan fingerprint density at radius 2 is 2.03 bits per heavy atom. The Morgan fingerprint density at radius 3 is 2.77 bits per heavy atom. The summed E-state index contributed by atoms with van der Waals surface area (Å²) < 4.78 is 25.3. The van der Waals surface area contributed by atoms with Gasteiger partial charge in [-0.05, 0) is 49.7 Å². The van der Waals surface area contributed by atoms with Gasteiger partial charge in [0, 0.05) is 0 Å². The quantitative estimate of drug-likeness (QED) is 0.475. The van der Waals surface area contributed by atoms with E-state index in [0.29, 0.717) is 28.1 Å². The van der Waals surface area contributed by atoms with Crippen LogP contribution in [0.3, 0.4) is 0 Å². The van der Waals surface area contributed by atoms with E-state index in [0.717, 1.165) is 6.07 Å². The largest absolute Gasteiger partial charge is 0.494 e. The van der Waals surface area contributed by atoms with Gasteiger partial charge in [0.25, 0.3) is 5.91 Å². The fourth-order valence-electron chi connectivity index (χ4n) is 3.78. The van der Waals surface area contributed by atoms with Gasteiger partial charge in [-0.3, -0.25) is 14.5 Å². The van der Waals surface area contributed by atoms with Crippen molar-refractivity contribution in [1.29, 1.82) is 0 Å². The van der Waals surface area contributed by atoms with Crippen molar-refractivity contribution in [2.45, 2.75) is 19.9 Å². The van der Waals surface area contributed by atoms with E-state index in [2.05, 4.69) is 10.2 Å². The van der Waals surface area contributed by atoms with Gasteiger partial charge in [0.05, 0.1) is 23.6 Å². The molecule has 0 N–H and O–H groups in total. The summed E-state index contributed by atoms with van der Waals surface area (Å²) in [7, 11) is 0. The predicted molar refractivity (Wildman–Crippen MR) is 113 cm³/mol. The van der Waals surface area contributed by atoms with E-state index in [9.17, 15) is 14.0 Å². The summed E-state index contributed by atoms with van der Waals surface area (Å²) in [5.74, 6) is -0.536. The highest BCUT2D eigenvalue weighted by Gasteiger charge is 2.45. The first-order valence-electron chi connectivity index (χ1n) is 9.60. The average molecular weight is 437 g/mol. The lowest BCUT2D eigenvalue weighted by atomic mass is 9.98. The maximum absolute atomic E-state index is 13.9. The van der Waals surface area contributed by atoms with E-state index < -0.39 is 23.2 Å². The Hall–Kier alpha value is -3.59. The fraction of sp³-hybridized carbons (Fsp3) is 0.182. The summed E-state index contributed by atoms with van der Waals surface area (Å²) in [6.07, 6.45) is 0. The molecule has 0 bridgehead atoms. The zero-order valence-electron chi connectivity index (χ0n) is 16.6. The first-order chi connectivity index (χ1) is 15.0. The Morgan fingerprint density at radius 1 is 1.19 bits per heavy atom. The number of amides is 1. The zero-order valence-corrected chi connectivity index (χ0v) is 17.4. The minimum atomic E-state index is -0.806. The summed E-state index contributed by atoms with van der Waals surface area (Å²) >= 11 is 1.23. The summed E-state index contributed by atoms with van der Waals surface area (Å²) in [4.78, 5) is 28.2. The molecular weight excluding hydrogens is 421 g/mol. The van der Waals surface area contributed by atoms with Gasteiger partial charge in [-0.15, -0.1) is 10.2 Å². The lowest BCUT2D eigenvalue weighted by Gasteiger charge is -2.22. The molecule has 31 heavy (non-hydrogen) atoms. The molecule has 4 aromatic rings. The fourth-order valence-corrected chi connectivity index (χ4v) is 4.50. The number of rotatable bonds is 4. The lowest BCUT2D eigenvalue weighted by molar-refractivity contribution is 0.0970. The van der Waals surface area contributed by atoms with E-state index in [4.69, 9.17) is 9.15 Å². The molecule has 0 spiro atoms. The molecule has 2 aromatic heterocycles. The molecular formula is C22H16FN3O4S. The second kappa shape index (κ2) is 7.28. The van der Waals surface area contributed by atoms with Crippen molar-refractivity contribution in [2.24, 2.45) is 0 Å². The third-order valence-electron chi connectivity index (χ3n) is 5.04. The van der Waals surface area contributed by atoms with Crippen molar-refractivity contribution in [2.75, 3.05) is 11.5 Å². The normalized spacial score (nSPS) is 15.5. The summed E-state index contributed by atoms with van der Waals surface area (Å²) in [5, 5.41) is 9.22. The SMILES string of the molecule is CCOc1cccc(C2c3c(oc4ccc(F)cc4c3=O)C(=O)N2c2nnc(C)s2)c1. The molecule has 1 atom stereocenters. The number of carbonyl (C=O) groups is 1. The van der Waals surface area contributed by atoms with Crippen molar-refractivity contribution in [3.8, 4) is 5.75 Å². The molecule has 1 aliphatic rings. The molecule has 5 rings (SSSR count). The molecule has 1 unspecified atom stereocenters. The molecule has 0 radical (unpaired) electrons. The monoisotopic (exact) mass is 437 g/mol. The van der Waals surface area contributed by atoms with E-state index in [1.165, 1.54) is 28.4 Å². The van der Waals surface area contributed by atoms with Crippen LogP contribution in [0.2, 0.25) is 0 Å². The van der Waals surface area contributed by atoms with Crippen molar-refractivity contribution < 1.29 is 18.3 Å². The van der Waals surface area contributed by atoms with Crippen LogP contribution >= 0.6 is 11.3 Å². The maximum atomic E-state index is 13.9. The number of carbonyl (C=O) groups excluding carboxylic acids is 1. The molecule has 0 aliphatic carbocycles. The van der Waals surface area contributed by atoms with Gasteiger partial charge in [-0.2, -0.15) is 0 Å². The highest BCUT2D eigenvalue weighted by molar-refractivity contribution is 7.15. The molecule has 1 amide bonds. The van der Waals surface area contributed by atoms with E-state index in [1.807, 2.05) is 6.92 Å². The topological polar surface area (TPSA) is 85.5 Å². The van der Waals surface area contributed by atoms with Crippen LogP contribution < -0.4 is 15.1 Å². The van der Waals surface area contributed by atoms with Gasteiger partial charge in [-0.25, -0.2) is 4.39 Å². The number of hydrogen-bond acceptors (Lipinski definition) is 7. The third kappa shape index (κ3) is 3.09. The number of benzene rings is 2. The van der Waals surface area contributed by atoms with Crippen LogP contribution in [0, 0.1) is 12.7 Å². The van der Waals surface area contributed by atoms with E-state index in [1.54, 1.807) is 31.2 Å². The van der Waals surface area contributed by atoms with Crippen LogP contribution in [0.15, 0.2) is 51.7 Å². The van der Waals surface area contributed by atoms with Crippen LogP contribution in [0.1, 0.15) is 39.7 Å². The number of anilines is 1. The highest BCUT2D eigenvalue weighted by atomic mass is 32.1. The van der Waals surface area contributed by atoms with Crippen molar-refractivity contribution in [1.82, 2.24) is 10.2 Å². The van der Waals surface area contributed by atoms with Crippen LogP contribution in [-0.4, -0.2) is 22.7 Å². The van der Waals surface area contributed by atoms with Gasteiger partial charge in [0.15, 0.2) is 5.43 Å². The Bertz CT molecular complexity index is 1400. The first kappa shape index (κ1) is 19.4. The Labute approximate surface area is 179 Å². The minimum absolute atomic E-state index is 0.0767. The first-order valence-corrected chi connectivity index (χ1v) is 10.4. The molecule has 0 fully saturated rings. The molecule has 7 nitrogen and oxygen atoms in total. The van der Waals surface area contributed by atoms with Crippen LogP contribution in [-0.2, 0) is 0 Å². The maximum Gasteiger partial charge on any atom is 0.297 e. The van der Waals surface area contributed by atoms with Gasteiger partial charge < -0.3 is 9.15 Å². The van der Waals surface area contributed by atoms with Crippen molar-refractivity contribution >= 4 is 33.3 Å². The molecule has 9 heteroatoms.